The Morgan fingerprint density at radius 1 is 1.00 bits per heavy atom. The number of anilines is 1. The van der Waals surface area contributed by atoms with Crippen molar-refractivity contribution in [2.75, 3.05) is 4.72 Å². The predicted molar refractivity (Wildman–Crippen MR) is 94.2 cm³/mol. The molecule has 1 saturated carbocycles. The van der Waals surface area contributed by atoms with Gasteiger partial charge in [0.15, 0.2) is 0 Å². The zero-order valence-corrected chi connectivity index (χ0v) is 14.8. The molecule has 1 aliphatic rings. The summed E-state index contributed by atoms with van der Waals surface area (Å²) in [6.45, 7) is 0. The quantitative estimate of drug-likeness (QED) is 0.825. The Kier molecular flexibility index (Phi) is 4.71. The lowest BCUT2D eigenvalue weighted by Gasteiger charge is -2.10. The molecule has 0 radical (unpaired) electrons. The maximum atomic E-state index is 12.4. The summed E-state index contributed by atoms with van der Waals surface area (Å²) in [5.41, 5.74) is 0.732. The van der Waals surface area contributed by atoms with Gasteiger partial charge in [-0.1, -0.05) is 23.2 Å². The normalized spacial score (nSPS) is 14.2. The van der Waals surface area contributed by atoms with Gasteiger partial charge >= 0.3 is 0 Å². The summed E-state index contributed by atoms with van der Waals surface area (Å²) in [6, 6.07) is 10.5. The highest BCUT2D eigenvalue weighted by molar-refractivity contribution is 7.92. The molecule has 1 aliphatic carbocycles. The third-order valence-corrected chi connectivity index (χ3v) is 5.65. The van der Waals surface area contributed by atoms with E-state index in [2.05, 4.69) is 10.0 Å². The summed E-state index contributed by atoms with van der Waals surface area (Å²) in [6.07, 6.45) is 1.98. The number of carbonyl (C=O) groups excluding carboxylic acids is 1. The van der Waals surface area contributed by atoms with E-state index < -0.39 is 10.0 Å². The van der Waals surface area contributed by atoms with Crippen molar-refractivity contribution in [1.29, 1.82) is 0 Å². The first-order valence-electron chi connectivity index (χ1n) is 7.24. The molecule has 0 unspecified atom stereocenters. The highest BCUT2D eigenvalue weighted by atomic mass is 35.5. The Labute approximate surface area is 150 Å². The van der Waals surface area contributed by atoms with Crippen LogP contribution in [0.2, 0.25) is 10.0 Å². The minimum Gasteiger partial charge on any atom is -0.349 e. The first-order valence-corrected chi connectivity index (χ1v) is 9.48. The second-order valence-corrected chi connectivity index (χ2v) is 8.00. The predicted octanol–water partition coefficient (Wildman–Crippen LogP) is 3.69. The summed E-state index contributed by atoms with van der Waals surface area (Å²) in [4.78, 5) is 12.0. The molecule has 8 heteroatoms. The van der Waals surface area contributed by atoms with Crippen LogP contribution in [0.3, 0.4) is 0 Å². The number of sulfonamides is 1. The topological polar surface area (TPSA) is 75.3 Å². The van der Waals surface area contributed by atoms with Crippen LogP contribution in [0, 0.1) is 0 Å². The molecule has 1 amide bonds. The molecule has 3 rings (SSSR count). The molecule has 2 N–H and O–H groups in total. The van der Waals surface area contributed by atoms with E-state index in [0.29, 0.717) is 16.3 Å². The molecular weight excluding hydrogens is 371 g/mol. The largest absolute Gasteiger partial charge is 0.349 e. The first kappa shape index (κ1) is 17.1. The standard InChI is InChI=1S/C16H14Cl2N2O3S/c17-14-8-5-12(9-15(14)18)20-24(22,23)13-6-1-10(2-7-13)16(21)19-11-3-4-11/h1-2,5-9,11,20H,3-4H2,(H,19,21). The van der Waals surface area contributed by atoms with Crippen LogP contribution in [0.25, 0.3) is 0 Å². The molecule has 126 valence electrons. The highest BCUT2D eigenvalue weighted by Crippen LogP contribution is 2.26. The smallest absolute Gasteiger partial charge is 0.261 e. The van der Waals surface area contributed by atoms with Gasteiger partial charge in [-0.3, -0.25) is 9.52 Å². The third kappa shape index (κ3) is 4.01. The summed E-state index contributed by atoms with van der Waals surface area (Å²) in [5, 5.41) is 3.44. The molecule has 5 nitrogen and oxygen atoms in total. The Morgan fingerprint density at radius 3 is 2.25 bits per heavy atom. The van der Waals surface area contributed by atoms with Gasteiger partial charge in [-0.25, -0.2) is 8.42 Å². The molecule has 2 aromatic rings. The van der Waals surface area contributed by atoms with Gasteiger partial charge in [-0.15, -0.1) is 0 Å². The van der Waals surface area contributed by atoms with Gasteiger partial charge in [0.05, 0.1) is 20.6 Å². The van der Waals surface area contributed by atoms with Crippen LogP contribution < -0.4 is 10.0 Å². The Balaban J connectivity index is 1.76. The van der Waals surface area contributed by atoms with Crippen molar-refractivity contribution in [3.05, 3.63) is 58.1 Å². The number of halogens is 2. The first-order chi connectivity index (χ1) is 11.3. The Morgan fingerprint density at radius 2 is 1.67 bits per heavy atom. The Bertz CT molecular complexity index is 879. The number of nitrogens with one attached hydrogen (secondary N) is 2. The number of hydrogen-bond donors (Lipinski definition) is 2. The third-order valence-electron chi connectivity index (χ3n) is 3.51. The maximum absolute atomic E-state index is 12.4. The van der Waals surface area contributed by atoms with Gasteiger partial charge < -0.3 is 5.32 Å². The average molecular weight is 385 g/mol. The van der Waals surface area contributed by atoms with Crippen molar-refractivity contribution in [1.82, 2.24) is 5.32 Å². The van der Waals surface area contributed by atoms with Crippen LogP contribution >= 0.6 is 23.2 Å². The lowest BCUT2D eigenvalue weighted by molar-refractivity contribution is 0.0951. The lowest BCUT2D eigenvalue weighted by atomic mass is 10.2. The van der Waals surface area contributed by atoms with E-state index in [0.717, 1.165) is 12.8 Å². The minimum absolute atomic E-state index is 0.0524. The summed E-state index contributed by atoms with van der Waals surface area (Å²) >= 11 is 11.7. The fraction of sp³-hybridized carbons (Fsp3) is 0.188. The number of benzene rings is 2. The van der Waals surface area contributed by atoms with Crippen LogP contribution in [-0.4, -0.2) is 20.4 Å². The SMILES string of the molecule is O=C(NC1CC1)c1ccc(S(=O)(=O)Nc2ccc(Cl)c(Cl)c2)cc1. The second kappa shape index (κ2) is 6.63. The van der Waals surface area contributed by atoms with Gasteiger partial charge in [0.2, 0.25) is 0 Å². The van der Waals surface area contributed by atoms with Gasteiger partial charge in [0, 0.05) is 11.6 Å². The fourth-order valence-electron chi connectivity index (χ4n) is 2.06. The molecule has 0 spiro atoms. The molecule has 0 aromatic heterocycles. The zero-order valence-electron chi connectivity index (χ0n) is 12.4. The zero-order chi connectivity index (χ0) is 17.3. The fourth-order valence-corrected chi connectivity index (χ4v) is 3.40. The summed E-state index contributed by atoms with van der Waals surface area (Å²) in [5.74, 6) is -0.195. The lowest BCUT2D eigenvalue weighted by Crippen LogP contribution is -2.25. The molecule has 24 heavy (non-hydrogen) atoms. The van der Waals surface area contributed by atoms with E-state index in [1.165, 1.54) is 42.5 Å². The second-order valence-electron chi connectivity index (χ2n) is 5.51. The molecule has 0 bridgehead atoms. The van der Waals surface area contributed by atoms with Crippen molar-refractivity contribution >= 4 is 44.8 Å². The molecule has 0 saturated heterocycles. The van der Waals surface area contributed by atoms with Crippen LogP contribution in [0.4, 0.5) is 5.69 Å². The minimum atomic E-state index is -3.78. The number of rotatable bonds is 5. The number of hydrogen-bond acceptors (Lipinski definition) is 3. The van der Waals surface area contributed by atoms with Gasteiger partial charge in [-0.05, 0) is 55.3 Å². The van der Waals surface area contributed by atoms with Crippen molar-refractivity contribution in [2.45, 2.75) is 23.8 Å². The molecule has 0 aliphatic heterocycles. The van der Waals surface area contributed by atoms with E-state index in [9.17, 15) is 13.2 Å². The van der Waals surface area contributed by atoms with Crippen molar-refractivity contribution < 1.29 is 13.2 Å². The monoisotopic (exact) mass is 384 g/mol. The van der Waals surface area contributed by atoms with Crippen LogP contribution in [0.5, 0.6) is 0 Å². The van der Waals surface area contributed by atoms with Crippen molar-refractivity contribution in [3.63, 3.8) is 0 Å². The number of carbonyl (C=O) groups is 1. The summed E-state index contributed by atoms with van der Waals surface area (Å²) < 4.78 is 27.2. The highest BCUT2D eigenvalue weighted by Gasteiger charge is 2.24. The molecule has 1 fully saturated rings. The van der Waals surface area contributed by atoms with Crippen LogP contribution in [-0.2, 0) is 10.0 Å². The molecule has 0 atom stereocenters. The van der Waals surface area contributed by atoms with Crippen LogP contribution in [0.15, 0.2) is 47.4 Å². The van der Waals surface area contributed by atoms with Gasteiger partial charge in [-0.2, -0.15) is 0 Å². The molecule has 2 aromatic carbocycles. The number of amides is 1. The van der Waals surface area contributed by atoms with E-state index in [-0.39, 0.29) is 21.9 Å². The van der Waals surface area contributed by atoms with E-state index in [1.54, 1.807) is 0 Å². The van der Waals surface area contributed by atoms with E-state index in [1.807, 2.05) is 0 Å². The average Bonchev–Trinajstić information content (AvgIpc) is 3.35. The van der Waals surface area contributed by atoms with Crippen molar-refractivity contribution in [3.8, 4) is 0 Å². The molecule has 0 heterocycles. The van der Waals surface area contributed by atoms with Crippen LogP contribution in [0.1, 0.15) is 23.2 Å². The van der Waals surface area contributed by atoms with Gasteiger partial charge in [0.1, 0.15) is 0 Å². The van der Waals surface area contributed by atoms with Gasteiger partial charge in [0.25, 0.3) is 15.9 Å². The Hall–Kier alpha value is -1.76. The maximum Gasteiger partial charge on any atom is 0.261 e. The van der Waals surface area contributed by atoms with E-state index in [4.69, 9.17) is 23.2 Å². The summed E-state index contributed by atoms with van der Waals surface area (Å²) in [7, 11) is -3.78. The van der Waals surface area contributed by atoms with Crippen molar-refractivity contribution in [2.24, 2.45) is 0 Å². The molecular formula is C16H14Cl2N2O3S. The van der Waals surface area contributed by atoms with E-state index >= 15 is 0 Å².